The Kier molecular flexibility index (Phi) is 6.09. The van der Waals surface area contributed by atoms with Crippen molar-refractivity contribution >= 4 is 23.5 Å². The van der Waals surface area contributed by atoms with Crippen molar-refractivity contribution in [3.8, 4) is 11.3 Å². The van der Waals surface area contributed by atoms with Gasteiger partial charge in [0.25, 0.3) is 0 Å². The Labute approximate surface area is 181 Å². The van der Waals surface area contributed by atoms with Crippen LogP contribution in [0.15, 0.2) is 84.1 Å². The lowest BCUT2D eigenvalue weighted by Crippen LogP contribution is -2.37. The fraction of sp³-hybridized carbons (Fsp3) is 0.174. The molecule has 0 radical (unpaired) electrons. The van der Waals surface area contributed by atoms with Crippen molar-refractivity contribution in [2.24, 2.45) is 10.8 Å². The largest absolute Gasteiger partial charge is 0.399 e. The zero-order valence-electron chi connectivity index (χ0n) is 17.2. The van der Waals surface area contributed by atoms with Gasteiger partial charge in [-0.15, -0.1) is 0 Å². The van der Waals surface area contributed by atoms with E-state index in [1.807, 2.05) is 47.0 Å². The van der Waals surface area contributed by atoms with Gasteiger partial charge in [-0.05, 0) is 11.6 Å². The lowest BCUT2D eigenvalue weighted by molar-refractivity contribution is 0.122. The Hall–Kier alpha value is -3.91. The number of hydrogen-bond donors (Lipinski definition) is 2. The van der Waals surface area contributed by atoms with Gasteiger partial charge >= 0.3 is 0 Å². The van der Waals surface area contributed by atoms with E-state index >= 15 is 0 Å². The number of morpholine rings is 1. The molecule has 3 N–H and O–H groups in total. The predicted molar refractivity (Wildman–Crippen MR) is 125 cm³/mol. The number of benzene rings is 1. The van der Waals surface area contributed by atoms with Gasteiger partial charge in [0.05, 0.1) is 25.1 Å². The van der Waals surface area contributed by atoms with Gasteiger partial charge in [0, 0.05) is 36.5 Å². The van der Waals surface area contributed by atoms with E-state index < -0.39 is 0 Å². The number of rotatable bonds is 7. The summed E-state index contributed by atoms with van der Waals surface area (Å²) in [5.41, 5.74) is 12.4. The van der Waals surface area contributed by atoms with E-state index in [0.717, 1.165) is 41.4 Å². The van der Waals surface area contributed by atoms with Crippen molar-refractivity contribution < 1.29 is 4.74 Å². The Morgan fingerprint density at radius 2 is 1.97 bits per heavy atom. The van der Waals surface area contributed by atoms with Gasteiger partial charge in [-0.3, -0.25) is 5.43 Å². The highest BCUT2D eigenvalue weighted by Crippen LogP contribution is 2.25. The zero-order chi connectivity index (χ0) is 21.6. The molecule has 158 valence electrons. The number of nitrogens with zero attached hydrogens (tertiary/aromatic N) is 5. The molecule has 0 amide bonds. The number of nitrogens with one attached hydrogen (secondary N) is 1. The zero-order valence-corrected chi connectivity index (χ0v) is 17.2. The average molecular weight is 416 g/mol. The van der Waals surface area contributed by atoms with Crippen molar-refractivity contribution in [3.63, 3.8) is 0 Å². The van der Waals surface area contributed by atoms with E-state index in [2.05, 4.69) is 28.6 Å². The smallest absolute Gasteiger partial charge is 0.160 e. The first-order valence-corrected chi connectivity index (χ1v) is 10.0. The summed E-state index contributed by atoms with van der Waals surface area (Å²) in [7, 11) is 0. The maximum Gasteiger partial charge on any atom is 0.160 e. The van der Waals surface area contributed by atoms with Crippen LogP contribution in [0.5, 0.6) is 0 Å². The lowest BCUT2D eigenvalue weighted by Gasteiger charge is -2.29. The predicted octanol–water partition coefficient (Wildman–Crippen LogP) is 3.22. The molecule has 1 aromatic carbocycles. The summed E-state index contributed by atoms with van der Waals surface area (Å²) in [6, 6.07) is 14.0. The number of ether oxygens (including phenoxy) is 1. The van der Waals surface area contributed by atoms with Crippen molar-refractivity contribution in [1.82, 2.24) is 14.6 Å². The van der Waals surface area contributed by atoms with Crippen molar-refractivity contribution in [1.29, 1.82) is 0 Å². The summed E-state index contributed by atoms with van der Waals surface area (Å²) in [6.07, 6.45) is 4.97. The molecular formula is C23H25N7O. The maximum absolute atomic E-state index is 5.63. The fourth-order valence-electron chi connectivity index (χ4n) is 3.32. The maximum atomic E-state index is 5.63. The van der Waals surface area contributed by atoms with Crippen molar-refractivity contribution in [3.05, 3.63) is 79.0 Å². The highest BCUT2D eigenvalue weighted by atomic mass is 16.5. The molecule has 3 aromatic rings. The monoisotopic (exact) mass is 415 g/mol. The molecule has 0 saturated carbocycles. The van der Waals surface area contributed by atoms with Crippen LogP contribution in [0.2, 0.25) is 0 Å². The quantitative estimate of drug-likeness (QED) is 0.350. The molecule has 1 saturated heterocycles. The third-order valence-electron chi connectivity index (χ3n) is 4.79. The first-order chi connectivity index (χ1) is 15.1. The SMILES string of the molecule is C=CC(/C=N/Nc1cc(N2CCOCC2)n2nc(-c3ccccc3)cc2n1)=C\C(=C)N. The van der Waals surface area contributed by atoms with E-state index in [1.54, 1.807) is 18.4 Å². The summed E-state index contributed by atoms with van der Waals surface area (Å²) < 4.78 is 7.39. The molecule has 2 aromatic heterocycles. The van der Waals surface area contributed by atoms with Crippen molar-refractivity contribution in [2.75, 3.05) is 36.6 Å². The minimum Gasteiger partial charge on any atom is -0.399 e. The van der Waals surface area contributed by atoms with E-state index in [-0.39, 0.29) is 0 Å². The Morgan fingerprint density at radius 1 is 1.19 bits per heavy atom. The van der Waals surface area contributed by atoms with Crippen LogP contribution in [0.25, 0.3) is 16.9 Å². The third-order valence-corrected chi connectivity index (χ3v) is 4.79. The summed E-state index contributed by atoms with van der Waals surface area (Å²) >= 11 is 0. The lowest BCUT2D eigenvalue weighted by atomic mass is 10.2. The Bertz CT molecular complexity index is 1140. The summed E-state index contributed by atoms with van der Waals surface area (Å²) in [4.78, 5) is 6.93. The molecule has 3 heterocycles. The standard InChI is InChI=1S/C23H25N7O/c1-3-18(13-17(2)24)16-25-27-21-15-23(29-9-11-31-12-10-29)30-22(26-21)14-20(28-30)19-7-5-4-6-8-19/h3-8,13-16H,1-2,9-12,24H2,(H,26,27)/b18-13+,25-16+. The molecule has 0 atom stereocenters. The number of anilines is 2. The molecule has 0 bridgehead atoms. The molecule has 0 aliphatic carbocycles. The normalized spacial score (nSPS) is 14.8. The van der Waals surface area contributed by atoms with Gasteiger partial charge in [-0.1, -0.05) is 49.6 Å². The second-order valence-corrected chi connectivity index (χ2v) is 7.06. The number of hydrogen-bond acceptors (Lipinski definition) is 7. The van der Waals surface area contributed by atoms with Crippen molar-refractivity contribution in [2.45, 2.75) is 0 Å². The molecule has 8 heteroatoms. The van der Waals surface area contributed by atoms with Gasteiger partial charge in [-0.2, -0.15) is 14.7 Å². The second-order valence-electron chi connectivity index (χ2n) is 7.06. The topological polar surface area (TPSA) is 93.1 Å². The summed E-state index contributed by atoms with van der Waals surface area (Å²) in [5, 5.41) is 9.09. The third kappa shape index (κ3) is 4.81. The van der Waals surface area contributed by atoms with Crippen LogP contribution in [0.4, 0.5) is 11.6 Å². The first kappa shape index (κ1) is 20.4. The summed E-state index contributed by atoms with van der Waals surface area (Å²) in [5.74, 6) is 1.54. The van der Waals surface area contributed by atoms with Crippen LogP contribution in [-0.2, 0) is 4.74 Å². The number of nitrogens with two attached hydrogens (primary N) is 1. The highest BCUT2D eigenvalue weighted by Gasteiger charge is 2.18. The van der Waals surface area contributed by atoms with E-state index in [1.165, 1.54) is 0 Å². The van der Waals surface area contributed by atoms with Gasteiger partial charge < -0.3 is 15.4 Å². The van der Waals surface area contributed by atoms with Crippen LogP contribution >= 0.6 is 0 Å². The van der Waals surface area contributed by atoms with E-state index in [9.17, 15) is 0 Å². The summed E-state index contributed by atoms with van der Waals surface area (Å²) in [6.45, 7) is 10.3. The van der Waals surface area contributed by atoms with Gasteiger partial charge in [0.2, 0.25) is 0 Å². The number of allylic oxidation sites excluding steroid dienone is 3. The van der Waals surface area contributed by atoms with Crippen LogP contribution in [0.3, 0.4) is 0 Å². The van der Waals surface area contributed by atoms with Crippen LogP contribution < -0.4 is 16.1 Å². The van der Waals surface area contributed by atoms with Gasteiger partial charge in [-0.25, -0.2) is 4.98 Å². The molecule has 1 fully saturated rings. The van der Waals surface area contributed by atoms with Crippen LogP contribution in [-0.4, -0.2) is 47.1 Å². The van der Waals surface area contributed by atoms with Gasteiger partial charge in [0.15, 0.2) is 11.5 Å². The first-order valence-electron chi connectivity index (χ1n) is 10.0. The second kappa shape index (κ2) is 9.27. The number of hydrazone groups is 1. The van der Waals surface area contributed by atoms with Crippen LogP contribution in [0.1, 0.15) is 0 Å². The minimum absolute atomic E-state index is 0.434. The van der Waals surface area contributed by atoms with E-state index in [0.29, 0.717) is 24.7 Å². The molecule has 4 rings (SSSR count). The van der Waals surface area contributed by atoms with Crippen LogP contribution in [0, 0.1) is 0 Å². The molecule has 0 unspecified atom stereocenters. The Balaban J connectivity index is 1.70. The molecule has 8 nitrogen and oxygen atoms in total. The average Bonchev–Trinajstić information content (AvgIpc) is 3.23. The molecule has 1 aliphatic heterocycles. The molecule has 31 heavy (non-hydrogen) atoms. The highest BCUT2D eigenvalue weighted by molar-refractivity contribution is 5.83. The van der Waals surface area contributed by atoms with E-state index in [4.69, 9.17) is 20.6 Å². The fourth-order valence-corrected chi connectivity index (χ4v) is 3.32. The number of fused-ring (bicyclic) bond motifs is 1. The minimum atomic E-state index is 0.434. The molecular weight excluding hydrogens is 390 g/mol. The molecule has 0 spiro atoms. The number of aromatic nitrogens is 3. The Morgan fingerprint density at radius 3 is 2.68 bits per heavy atom. The molecule has 1 aliphatic rings. The van der Waals surface area contributed by atoms with Gasteiger partial charge in [0.1, 0.15) is 5.82 Å².